The number of hydrogen-bond acceptors (Lipinski definition) is 4. The first-order valence-corrected chi connectivity index (χ1v) is 4.02. The Morgan fingerprint density at radius 1 is 1.62 bits per heavy atom. The standard InChI is InChI=1S/C7H17NO.HNO3/c1-4-5-6(9)7(2,3)8;2-1(3)4/h6,9H,4-5,8H2,1-3H3;(H,2,3,4). The molecule has 0 aliphatic heterocycles. The Hall–Kier alpha value is -0.880. The number of nitrogens with zero attached hydrogens (tertiary/aromatic N) is 1. The maximum absolute atomic E-state index is 9.26. The number of hydrogen-bond donors (Lipinski definition) is 3. The molecule has 0 aromatic heterocycles. The summed E-state index contributed by atoms with van der Waals surface area (Å²) in [6.07, 6.45) is 1.42. The van der Waals surface area contributed by atoms with E-state index in [1.165, 1.54) is 0 Å². The Morgan fingerprint density at radius 3 is 2.00 bits per heavy atom. The third-order valence-corrected chi connectivity index (χ3v) is 1.42. The van der Waals surface area contributed by atoms with Gasteiger partial charge in [0.1, 0.15) is 0 Å². The molecule has 0 bridgehead atoms. The second kappa shape index (κ2) is 6.62. The molecule has 0 spiro atoms. The van der Waals surface area contributed by atoms with Gasteiger partial charge in [-0.3, -0.25) is 0 Å². The van der Waals surface area contributed by atoms with Gasteiger partial charge in [0, 0.05) is 5.54 Å². The van der Waals surface area contributed by atoms with E-state index in [2.05, 4.69) is 0 Å². The van der Waals surface area contributed by atoms with Crippen LogP contribution in [0, 0.1) is 10.1 Å². The summed E-state index contributed by atoms with van der Waals surface area (Å²) in [5.74, 6) is 0. The molecule has 1 unspecified atom stereocenters. The number of nitrogens with two attached hydrogens (primary N) is 1. The topological polar surface area (TPSA) is 110 Å². The average molecular weight is 194 g/mol. The highest BCUT2D eigenvalue weighted by Crippen LogP contribution is 2.09. The molecule has 0 rings (SSSR count). The first kappa shape index (κ1) is 14.6. The molecule has 0 saturated carbocycles. The smallest absolute Gasteiger partial charge is 0.291 e. The van der Waals surface area contributed by atoms with Crippen LogP contribution in [0.2, 0.25) is 0 Å². The van der Waals surface area contributed by atoms with E-state index in [0.717, 1.165) is 12.8 Å². The van der Waals surface area contributed by atoms with Crippen molar-refractivity contribution in [2.24, 2.45) is 5.73 Å². The molecular formula is C7H18N2O4. The minimum Gasteiger partial charge on any atom is -0.391 e. The quantitative estimate of drug-likeness (QED) is 0.448. The SMILES string of the molecule is CCCC(O)C(C)(C)N.O=[N+]([O-])O. The fourth-order valence-electron chi connectivity index (χ4n) is 0.645. The van der Waals surface area contributed by atoms with Gasteiger partial charge in [0.05, 0.1) is 6.10 Å². The third-order valence-electron chi connectivity index (χ3n) is 1.42. The van der Waals surface area contributed by atoms with Crippen molar-refractivity contribution in [1.82, 2.24) is 0 Å². The van der Waals surface area contributed by atoms with Crippen molar-refractivity contribution in [1.29, 1.82) is 0 Å². The summed E-state index contributed by atoms with van der Waals surface area (Å²) in [5.41, 5.74) is 5.18. The van der Waals surface area contributed by atoms with E-state index in [0.29, 0.717) is 0 Å². The largest absolute Gasteiger partial charge is 0.391 e. The van der Waals surface area contributed by atoms with E-state index in [-0.39, 0.29) is 6.10 Å². The zero-order valence-corrected chi connectivity index (χ0v) is 8.23. The summed E-state index contributed by atoms with van der Waals surface area (Å²) in [6, 6.07) is 0. The van der Waals surface area contributed by atoms with Gasteiger partial charge >= 0.3 is 0 Å². The molecule has 1 atom stereocenters. The van der Waals surface area contributed by atoms with E-state index in [4.69, 9.17) is 21.1 Å². The molecule has 4 N–H and O–H groups in total. The molecule has 6 nitrogen and oxygen atoms in total. The van der Waals surface area contributed by atoms with Gasteiger partial charge in [0.2, 0.25) is 0 Å². The van der Waals surface area contributed by atoms with Crippen LogP contribution in [0.3, 0.4) is 0 Å². The van der Waals surface area contributed by atoms with Crippen LogP contribution in [-0.4, -0.2) is 27.0 Å². The van der Waals surface area contributed by atoms with Gasteiger partial charge in [-0.15, -0.1) is 10.1 Å². The van der Waals surface area contributed by atoms with Gasteiger partial charge < -0.3 is 16.0 Å². The summed E-state index contributed by atoms with van der Waals surface area (Å²) in [6.45, 7) is 5.72. The minimum atomic E-state index is -1.50. The van der Waals surface area contributed by atoms with Crippen LogP contribution in [-0.2, 0) is 0 Å². The molecule has 0 saturated heterocycles. The first-order valence-electron chi connectivity index (χ1n) is 4.02. The lowest BCUT2D eigenvalue weighted by Crippen LogP contribution is -2.44. The van der Waals surface area contributed by atoms with Crippen molar-refractivity contribution in [2.45, 2.75) is 45.3 Å². The molecule has 0 aromatic carbocycles. The summed E-state index contributed by atoms with van der Waals surface area (Å²) in [7, 11) is 0. The van der Waals surface area contributed by atoms with Crippen molar-refractivity contribution < 1.29 is 15.4 Å². The zero-order valence-electron chi connectivity index (χ0n) is 8.23. The van der Waals surface area contributed by atoms with E-state index in [1.807, 2.05) is 20.8 Å². The van der Waals surface area contributed by atoms with Crippen LogP contribution in [0.5, 0.6) is 0 Å². The Labute approximate surface area is 77.5 Å². The first-order chi connectivity index (χ1) is 5.71. The van der Waals surface area contributed by atoms with Gasteiger partial charge in [-0.2, -0.15) is 0 Å². The maximum atomic E-state index is 9.26. The molecule has 0 heterocycles. The Kier molecular flexibility index (Phi) is 7.45. The van der Waals surface area contributed by atoms with Gasteiger partial charge in [-0.1, -0.05) is 13.3 Å². The maximum Gasteiger partial charge on any atom is 0.291 e. The van der Waals surface area contributed by atoms with Crippen molar-refractivity contribution in [3.63, 3.8) is 0 Å². The zero-order chi connectivity index (χ0) is 11.1. The van der Waals surface area contributed by atoms with Crippen molar-refractivity contribution in [3.8, 4) is 0 Å². The second-order valence-electron chi connectivity index (χ2n) is 3.36. The molecule has 0 aromatic rings. The Bertz CT molecular complexity index is 140. The monoisotopic (exact) mass is 194 g/mol. The molecule has 0 aliphatic rings. The fourth-order valence-corrected chi connectivity index (χ4v) is 0.645. The van der Waals surface area contributed by atoms with Crippen LogP contribution in [0.4, 0.5) is 0 Å². The summed E-state index contributed by atoms with van der Waals surface area (Å²) in [5, 5.41) is 22.9. The third kappa shape index (κ3) is 14.0. The molecule has 0 aliphatic carbocycles. The molecule has 0 fully saturated rings. The van der Waals surface area contributed by atoms with Gasteiger partial charge in [0.25, 0.3) is 5.09 Å². The predicted molar refractivity (Wildman–Crippen MR) is 48.0 cm³/mol. The highest BCUT2D eigenvalue weighted by molar-refractivity contribution is 4.80. The molecular weight excluding hydrogens is 176 g/mol. The van der Waals surface area contributed by atoms with Crippen LogP contribution in [0.1, 0.15) is 33.6 Å². The van der Waals surface area contributed by atoms with Gasteiger partial charge in [0.15, 0.2) is 0 Å². The van der Waals surface area contributed by atoms with Crippen molar-refractivity contribution in [2.75, 3.05) is 0 Å². The summed E-state index contributed by atoms with van der Waals surface area (Å²) < 4.78 is 0. The van der Waals surface area contributed by atoms with Gasteiger partial charge in [-0.25, -0.2) is 0 Å². The van der Waals surface area contributed by atoms with E-state index >= 15 is 0 Å². The molecule has 0 radical (unpaired) electrons. The fraction of sp³-hybridized carbons (Fsp3) is 1.00. The average Bonchev–Trinajstić information content (AvgIpc) is 1.84. The molecule has 6 heteroatoms. The van der Waals surface area contributed by atoms with Gasteiger partial charge in [-0.05, 0) is 20.3 Å². The highest BCUT2D eigenvalue weighted by atomic mass is 16.9. The van der Waals surface area contributed by atoms with E-state index in [1.54, 1.807) is 0 Å². The number of aliphatic hydroxyl groups is 1. The highest BCUT2D eigenvalue weighted by Gasteiger charge is 2.20. The lowest BCUT2D eigenvalue weighted by Gasteiger charge is -2.25. The second-order valence-corrected chi connectivity index (χ2v) is 3.36. The lowest BCUT2D eigenvalue weighted by atomic mass is 9.95. The molecule has 0 amide bonds. The van der Waals surface area contributed by atoms with Crippen LogP contribution in [0.25, 0.3) is 0 Å². The number of aliphatic hydroxyl groups excluding tert-OH is 1. The van der Waals surface area contributed by atoms with Crippen molar-refractivity contribution in [3.05, 3.63) is 10.1 Å². The van der Waals surface area contributed by atoms with E-state index in [9.17, 15) is 5.11 Å². The summed E-state index contributed by atoms with van der Waals surface area (Å²) in [4.78, 5) is 8.36. The normalized spacial score (nSPS) is 12.7. The van der Waals surface area contributed by atoms with Crippen molar-refractivity contribution >= 4 is 0 Å². The van der Waals surface area contributed by atoms with Crippen LogP contribution < -0.4 is 5.73 Å². The predicted octanol–water partition coefficient (Wildman–Crippen LogP) is 0.537. The summed E-state index contributed by atoms with van der Waals surface area (Å²) >= 11 is 0. The van der Waals surface area contributed by atoms with Crippen LogP contribution >= 0.6 is 0 Å². The molecule has 80 valence electrons. The number of rotatable bonds is 3. The lowest BCUT2D eigenvalue weighted by molar-refractivity contribution is -0.742. The van der Waals surface area contributed by atoms with E-state index < -0.39 is 10.6 Å². The molecule has 13 heavy (non-hydrogen) atoms. The van der Waals surface area contributed by atoms with Crippen LogP contribution in [0.15, 0.2) is 0 Å². The minimum absolute atomic E-state index is 0.359. The Balaban J connectivity index is 0. The Morgan fingerprint density at radius 2 is 1.92 bits per heavy atom.